The number of halogens is 2. The molecule has 41 heavy (non-hydrogen) atoms. The Morgan fingerprint density at radius 3 is 2.32 bits per heavy atom. The molecule has 0 radical (unpaired) electrons. The molecular weight excluding hydrogens is 540 g/mol. The topological polar surface area (TPSA) is 84.3 Å². The molecule has 0 saturated carbocycles. The molecule has 0 saturated heterocycles. The quantitative estimate of drug-likeness (QED) is 0.156. The monoisotopic (exact) mass is 573 g/mol. The van der Waals surface area contributed by atoms with Crippen LogP contribution in [0.5, 0.6) is 5.75 Å². The lowest BCUT2D eigenvalue weighted by atomic mass is 10.1. The predicted octanol–water partition coefficient (Wildman–Crippen LogP) is 7.93. The van der Waals surface area contributed by atoms with E-state index < -0.39 is 25.9 Å². The van der Waals surface area contributed by atoms with Gasteiger partial charge in [0.05, 0.1) is 17.6 Å². The summed E-state index contributed by atoms with van der Waals surface area (Å²) in [5, 5.41) is 12.6. The number of nitrogens with zero attached hydrogens (tertiary/aromatic N) is 2. The van der Waals surface area contributed by atoms with Crippen LogP contribution < -0.4 is 9.74 Å². The molecule has 212 valence electrons. The molecule has 1 aromatic heterocycles. The second-order valence-corrected chi connectivity index (χ2v) is 16.0. The Hall–Kier alpha value is -4.37. The van der Waals surface area contributed by atoms with Crippen molar-refractivity contribution in [1.29, 1.82) is 0 Å². The molecule has 6 nitrogen and oxygen atoms in total. The first-order chi connectivity index (χ1) is 19.3. The number of carbonyl (C=O) groups is 1. The lowest BCUT2D eigenvalue weighted by Crippen LogP contribution is -2.44. The molecule has 3 aromatic carbocycles. The number of aliphatic carboxylic acids is 1. The second kappa shape index (κ2) is 12.0. The average molecular weight is 574 g/mol. The maximum Gasteiger partial charge on any atom is 0.352 e. The van der Waals surface area contributed by atoms with Gasteiger partial charge in [-0.1, -0.05) is 69.3 Å². The highest BCUT2D eigenvalue weighted by Gasteiger charge is 2.39. The highest BCUT2D eigenvalue weighted by molar-refractivity contribution is 6.74. The van der Waals surface area contributed by atoms with Crippen LogP contribution in [-0.4, -0.2) is 29.4 Å². The fourth-order valence-electron chi connectivity index (χ4n) is 3.79. The summed E-state index contributed by atoms with van der Waals surface area (Å²) in [6.45, 7) is 10.4. The Bertz CT molecular complexity index is 1570. The maximum absolute atomic E-state index is 15.8. The molecule has 0 amide bonds. The number of hydrogen-bond donors (Lipinski definition) is 2. The number of aromatic nitrogens is 2. The summed E-state index contributed by atoms with van der Waals surface area (Å²) in [6.07, 6.45) is 3.10. The molecule has 2 N–H and O–H groups in total. The van der Waals surface area contributed by atoms with Gasteiger partial charge in [0.2, 0.25) is 0 Å². The van der Waals surface area contributed by atoms with E-state index in [1.165, 1.54) is 36.5 Å². The van der Waals surface area contributed by atoms with E-state index in [0.29, 0.717) is 23.4 Å². The van der Waals surface area contributed by atoms with Gasteiger partial charge in [0.1, 0.15) is 17.3 Å². The molecule has 0 fully saturated rings. The predicted molar refractivity (Wildman–Crippen MR) is 160 cm³/mol. The largest absolute Gasteiger partial charge is 0.542 e. The molecule has 0 atom stereocenters. The van der Waals surface area contributed by atoms with Crippen LogP contribution in [0.15, 0.2) is 84.7 Å². The Kier molecular flexibility index (Phi) is 8.68. The van der Waals surface area contributed by atoms with Crippen LogP contribution in [0.1, 0.15) is 37.6 Å². The lowest BCUT2D eigenvalue weighted by molar-refractivity contribution is -0.132. The van der Waals surface area contributed by atoms with Crippen molar-refractivity contribution in [1.82, 2.24) is 9.97 Å². The van der Waals surface area contributed by atoms with Crippen molar-refractivity contribution in [2.75, 3.05) is 5.32 Å². The third kappa shape index (κ3) is 7.23. The molecule has 0 aliphatic heterocycles. The van der Waals surface area contributed by atoms with Gasteiger partial charge in [0, 0.05) is 12.0 Å². The van der Waals surface area contributed by atoms with Gasteiger partial charge in [0.25, 0.3) is 8.32 Å². The summed E-state index contributed by atoms with van der Waals surface area (Å²) in [6, 6.07) is 19.9. The van der Waals surface area contributed by atoms with Crippen LogP contribution in [0.2, 0.25) is 18.1 Å². The minimum atomic E-state index is -2.31. The zero-order valence-corrected chi connectivity index (χ0v) is 24.7. The van der Waals surface area contributed by atoms with Crippen LogP contribution in [0.3, 0.4) is 0 Å². The summed E-state index contributed by atoms with van der Waals surface area (Å²) >= 11 is 0. The molecule has 4 aromatic rings. The zero-order valence-electron chi connectivity index (χ0n) is 23.7. The van der Waals surface area contributed by atoms with E-state index in [9.17, 15) is 14.3 Å². The molecular formula is C32H33F2N3O3Si. The number of anilines is 1. The van der Waals surface area contributed by atoms with Gasteiger partial charge in [-0.2, -0.15) is 0 Å². The van der Waals surface area contributed by atoms with E-state index in [2.05, 4.69) is 44.2 Å². The van der Waals surface area contributed by atoms with Gasteiger partial charge in [-0.05, 0) is 59.6 Å². The minimum Gasteiger partial charge on any atom is -0.542 e. The molecule has 0 aliphatic rings. The summed E-state index contributed by atoms with van der Waals surface area (Å²) in [5.41, 5.74) is 2.18. The van der Waals surface area contributed by atoms with Gasteiger partial charge in [-0.15, -0.1) is 0 Å². The van der Waals surface area contributed by atoms with Gasteiger partial charge in [-0.3, -0.25) is 0 Å². The Balaban J connectivity index is 1.75. The molecule has 4 rings (SSSR count). The summed E-state index contributed by atoms with van der Waals surface area (Å²) in [7, 11) is -2.31. The maximum atomic E-state index is 15.8. The van der Waals surface area contributed by atoms with Crippen molar-refractivity contribution in [3.05, 3.63) is 113 Å². The van der Waals surface area contributed by atoms with E-state index in [1.54, 1.807) is 18.2 Å². The third-order valence-electron chi connectivity index (χ3n) is 7.13. The Morgan fingerprint density at radius 2 is 1.68 bits per heavy atom. The second-order valence-electron chi connectivity index (χ2n) is 11.2. The van der Waals surface area contributed by atoms with E-state index in [4.69, 9.17) is 9.41 Å². The molecule has 9 heteroatoms. The molecule has 0 unspecified atom stereocenters. The fraction of sp³-hybridized carbons (Fsp3) is 0.219. The highest BCUT2D eigenvalue weighted by Crippen LogP contribution is 2.39. The Morgan fingerprint density at radius 1 is 1.00 bits per heavy atom. The van der Waals surface area contributed by atoms with E-state index >= 15 is 4.39 Å². The third-order valence-corrected chi connectivity index (χ3v) is 11.5. The van der Waals surface area contributed by atoms with Crippen molar-refractivity contribution in [3.8, 4) is 17.0 Å². The van der Waals surface area contributed by atoms with Gasteiger partial charge in [0.15, 0.2) is 11.6 Å². The normalized spacial score (nSPS) is 12.2. The van der Waals surface area contributed by atoms with Crippen molar-refractivity contribution in [2.45, 2.75) is 45.3 Å². The number of carboxylic acids is 1. The first kappa shape index (κ1) is 29.6. The van der Waals surface area contributed by atoms with Crippen molar-refractivity contribution in [3.63, 3.8) is 0 Å². The smallest absolute Gasteiger partial charge is 0.352 e. The van der Waals surface area contributed by atoms with Crippen molar-refractivity contribution < 1.29 is 23.1 Å². The van der Waals surface area contributed by atoms with Crippen LogP contribution in [-0.2, 0) is 11.2 Å². The first-order valence-electron chi connectivity index (χ1n) is 13.2. The molecule has 0 bridgehead atoms. The number of benzene rings is 3. The Labute approximate surface area is 239 Å². The van der Waals surface area contributed by atoms with Crippen LogP contribution in [0, 0.1) is 11.6 Å². The van der Waals surface area contributed by atoms with Crippen LogP contribution >= 0.6 is 0 Å². The fourth-order valence-corrected chi connectivity index (χ4v) is 4.81. The standard InChI is InChI=1S/C32H33F2N3O3Si/c1-32(2,3)41(4,5)40-28-13-9-12-24(29(28)34)27-20-35-30(25(36-27)18-21-10-7-6-8-11-21)37-26(31(38)39)19-22-14-16-23(33)17-15-22/h6-17,19-20H,18H2,1-5H3,(H,35,37)(H,38,39)/b26-19-. The average Bonchev–Trinajstić information content (AvgIpc) is 2.91. The molecule has 0 spiro atoms. The molecule has 0 aliphatic carbocycles. The number of nitrogens with one attached hydrogen (secondary N) is 1. The van der Waals surface area contributed by atoms with E-state index in [1.807, 2.05) is 30.3 Å². The first-order valence-corrected chi connectivity index (χ1v) is 16.1. The summed E-state index contributed by atoms with van der Waals surface area (Å²) in [5.74, 6) is -1.81. The highest BCUT2D eigenvalue weighted by atomic mass is 28.4. The van der Waals surface area contributed by atoms with Crippen molar-refractivity contribution in [2.24, 2.45) is 0 Å². The van der Waals surface area contributed by atoms with Crippen molar-refractivity contribution >= 4 is 26.2 Å². The van der Waals surface area contributed by atoms with Gasteiger partial charge in [-0.25, -0.2) is 23.5 Å². The van der Waals surface area contributed by atoms with Crippen LogP contribution in [0.25, 0.3) is 17.3 Å². The number of rotatable bonds is 9. The zero-order chi connectivity index (χ0) is 29.8. The summed E-state index contributed by atoms with van der Waals surface area (Å²) in [4.78, 5) is 21.3. The SMILES string of the molecule is CC(C)(C)[Si](C)(C)Oc1cccc(-c2cnc(N/C(=C\c3ccc(F)cc3)C(=O)O)c(Cc3ccccc3)n2)c1F. The number of hydrogen-bond acceptors (Lipinski definition) is 5. The summed E-state index contributed by atoms with van der Waals surface area (Å²) < 4.78 is 35.4. The van der Waals surface area contributed by atoms with Gasteiger partial charge >= 0.3 is 5.97 Å². The minimum absolute atomic E-state index is 0.116. The van der Waals surface area contributed by atoms with E-state index in [0.717, 1.165) is 5.56 Å². The molecule has 1 heterocycles. The van der Waals surface area contributed by atoms with Gasteiger partial charge < -0.3 is 14.8 Å². The van der Waals surface area contributed by atoms with E-state index in [-0.39, 0.29) is 27.9 Å². The lowest BCUT2D eigenvalue weighted by Gasteiger charge is -2.36. The number of carboxylic acid groups (broad SMARTS) is 1. The van der Waals surface area contributed by atoms with Crippen LogP contribution in [0.4, 0.5) is 14.6 Å².